The van der Waals surface area contributed by atoms with Crippen LogP contribution in [0.25, 0.3) is 16.9 Å². The van der Waals surface area contributed by atoms with E-state index in [1.165, 1.54) is 21.5 Å². The Bertz CT molecular complexity index is 1590. The monoisotopic (exact) mass is 458 g/mol. The molecule has 0 aliphatic heterocycles. The van der Waals surface area contributed by atoms with Crippen LogP contribution in [0.1, 0.15) is 11.1 Å². The number of hydrogen-bond acceptors (Lipinski definition) is 3. The Morgan fingerprint density at radius 1 is 0.794 bits per heavy atom. The first-order valence-electron chi connectivity index (χ1n) is 10.8. The van der Waals surface area contributed by atoms with Crippen LogP contribution >= 0.6 is 0 Å². The SMILES string of the molecule is O=c1c2c(ncn2Cc2ccc(F)c(F)c2)n(-c2ccccc2)c(=O)n1CCc1ccccc1. The summed E-state index contributed by atoms with van der Waals surface area (Å²) in [5.41, 5.74) is 1.48. The fourth-order valence-corrected chi connectivity index (χ4v) is 4.03. The van der Waals surface area contributed by atoms with Crippen LogP contribution in [0.5, 0.6) is 0 Å². The third kappa shape index (κ3) is 3.94. The highest BCUT2D eigenvalue weighted by atomic mass is 19.2. The Hall–Kier alpha value is -4.33. The van der Waals surface area contributed by atoms with Crippen molar-refractivity contribution >= 4 is 11.2 Å². The summed E-state index contributed by atoms with van der Waals surface area (Å²) in [6, 6.07) is 22.1. The van der Waals surface area contributed by atoms with Crippen molar-refractivity contribution < 1.29 is 8.78 Å². The second-order valence-electron chi connectivity index (χ2n) is 7.94. The van der Waals surface area contributed by atoms with E-state index in [0.29, 0.717) is 17.7 Å². The van der Waals surface area contributed by atoms with Crippen molar-refractivity contribution in [3.05, 3.63) is 129 Å². The fraction of sp³-hybridized carbons (Fsp3) is 0.115. The van der Waals surface area contributed by atoms with Gasteiger partial charge in [0.25, 0.3) is 5.56 Å². The molecular formula is C26H20F2N4O2. The molecule has 6 nitrogen and oxygen atoms in total. The van der Waals surface area contributed by atoms with E-state index in [-0.39, 0.29) is 24.3 Å². The number of hydrogen-bond donors (Lipinski definition) is 0. The predicted octanol–water partition coefficient (Wildman–Crippen LogP) is 3.92. The van der Waals surface area contributed by atoms with E-state index < -0.39 is 22.9 Å². The van der Waals surface area contributed by atoms with Crippen LogP contribution in [0.4, 0.5) is 8.78 Å². The Kier molecular flexibility index (Phi) is 5.63. The summed E-state index contributed by atoms with van der Waals surface area (Å²) in [5.74, 6) is -1.91. The average molecular weight is 458 g/mol. The zero-order valence-corrected chi connectivity index (χ0v) is 18.1. The van der Waals surface area contributed by atoms with Gasteiger partial charge in [0, 0.05) is 13.1 Å². The van der Waals surface area contributed by atoms with Gasteiger partial charge in [0.1, 0.15) is 0 Å². The second-order valence-corrected chi connectivity index (χ2v) is 7.94. The minimum Gasteiger partial charge on any atom is -0.320 e. The third-order valence-electron chi connectivity index (χ3n) is 5.72. The molecule has 0 aliphatic carbocycles. The zero-order chi connectivity index (χ0) is 23.7. The number of rotatable bonds is 6. The van der Waals surface area contributed by atoms with Crippen molar-refractivity contribution in [3.63, 3.8) is 0 Å². The molecule has 2 heterocycles. The molecule has 0 saturated heterocycles. The Morgan fingerprint density at radius 2 is 1.50 bits per heavy atom. The first-order valence-corrected chi connectivity index (χ1v) is 10.8. The summed E-state index contributed by atoms with van der Waals surface area (Å²) in [4.78, 5) is 31.3. The largest absolute Gasteiger partial charge is 0.337 e. The lowest BCUT2D eigenvalue weighted by Gasteiger charge is -2.13. The second kappa shape index (κ2) is 8.90. The van der Waals surface area contributed by atoms with Crippen molar-refractivity contribution in [2.24, 2.45) is 0 Å². The number of para-hydroxylation sites is 1. The van der Waals surface area contributed by atoms with Crippen molar-refractivity contribution in [2.45, 2.75) is 19.5 Å². The lowest BCUT2D eigenvalue weighted by Crippen LogP contribution is -2.40. The number of benzene rings is 3. The molecule has 170 valence electrons. The van der Waals surface area contributed by atoms with Crippen LogP contribution in [0.3, 0.4) is 0 Å². The molecule has 5 aromatic rings. The molecule has 8 heteroatoms. The van der Waals surface area contributed by atoms with Gasteiger partial charge in [0.2, 0.25) is 0 Å². The van der Waals surface area contributed by atoms with Crippen LogP contribution in [0, 0.1) is 11.6 Å². The molecule has 2 aromatic heterocycles. The molecule has 0 amide bonds. The first-order chi connectivity index (χ1) is 16.5. The summed E-state index contributed by atoms with van der Waals surface area (Å²) in [6.07, 6.45) is 1.93. The van der Waals surface area contributed by atoms with Gasteiger partial charge in [-0.05, 0) is 41.8 Å². The molecule has 0 atom stereocenters. The topological polar surface area (TPSA) is 61.8 Å². The van der Waals surface area contributed by atoms with Gasteiger partial charge in [-0.25, -0.2) is 23.1 Å². The number of aromatic nitrogens is 4. The van der Waals surface area contributed by atoms with Crippen LogP contribution in [-0.2, 0) is 19.5 Å². The van der Waals surface area contributed by atoms with Gasteiger partial charge in [-0.3, -0.25) is 9.36 Å². The van der Waals surface area contributed by atoms with Crippen LogP contribution in [0.2, 0.25) is 0 Å². The minimum atomic E-state index is -0.969. The summed E-state index contributed by atoms with van der Waals surface area (Å²) in [5, 5.41) is 0. The first kappa shape index (κ1) is 21.5. The van der Waals surface area contributed by atoms with Crippen LogP contribution in [-0.4, -0.2) is 18.7 Å². The van der Waals surface area contributed by atoms with E-state index in [0.717, 1.165) is 17.7 Å². The normalized spacial score (nSPS) is 11.2. The fourth-order valence-electron chi connectivity index (χ4n) is 4.03. The van der Waals surface area contributed by atoms with Crippen molar-refractivity contribution in [1.29, 1.82) is 0 Å². The molecule has 0 spiro atoms. The van der Waals surface area contributed by atoms with E-state index in [9.17, 15) is 18.4 Å². The number of imidazole rings is 1. The van der Waals surface area contributed by atoms with Crippen molar-refractivity contribution in [1.82, 2.24) is 18.7 Å². The predicted molar refractivity (Wildman–Crippen MR) is 125 cm³/mol. The molecule has 3 aromatic carbocycles. The van der Waals surface area contributed by atoms with Gasteiger partial charge in [0.05, 0.1) is 12.0 Å². The molecule has 0 unspecified atom stereocenters. The molecule has 0 N–H and O–H groups in total. The molecule has 5 rings (SSSR count). The molecule has 0 aliphatic rings. The van der Waals surface area contributed by atoms with Crippen LogP contribution in [0.15, 0.2) is 94.8 Å². The van der Waals surface area contributed by atoms with E-state index in [1.807, 2.05) is 36.4 Å². The van der Waals surface area contributed by atoms with E-state index in [1.54, 1.807) is 28.8 Å². The Morgan fingerprint density at radius 3 is 2.21 bits per heavy atom. The minimum absolute atomic E-state index is 0.0919. The molecule has 0 radical (unpaired) electrons. The third-order valence-corrected chi connectivity index (χ3v) is 5.72. The van der Waals surface area contributed by atoms with E-state index in [2.05, 4.69) is 4.98 Å². The lowest BCUT2D eigenvalue weighted by atomic mass is 10.1. The summed E-state index contributed by atoms with van der Waals surface area (Å²) in [7, 11) is 0. The Labute approximate surface area is 193 Å². The number of aryl methyl sites for hydroxylation is 1. The van der Waals surface area contributed by atoms with Gasteiger partial charge in [-0.2, -0.15) is 0 Å². The van der Waals surface area contributed by atoms with Gasteiger partial charge < -0.3 is 4.57 Å². The number of halogens is 2. The highest BCUT2D eigenvalue weighted by molar-refractivity contribution is 5.72. The van der Waals surface area contributed by atoms with Gasteiger partial charge >= 0.3 is 5.69 Å². The molecular weight excluding hydrogens is 438 g/mol. The maximum absolute atomic E-state index is 13.8. The molecule has 0 bridgehead atoms. The van der Waals surface area contributed by atoms with E-state index >= 15 is 0 Å². The van der Waals surface area contributed by atoms with Crippen molar-refractivity contribution in [3.8, 4) is 5.69 Å². The number of fused-ring (bicyclic) bond motifs is 1. The highest BCUT2D eigenvalue weighted by Crippen LogP contribution is 2.16. The van der Waals surface area contributed by atoms with Crippen LogP contribution < -0.4 is 11.2 Å². The van der Waals surface area contributed by atoms with Gasteiger partial charge in [-0.1, -0.05) is 54.6 Å². The Balaban J connectivity index is 1.67. The summed E-state index contributed by atoms with van der Waals surface area (Å²) in [6.45, 7) is 0.273. The maximum atomic E-state index is 13.8. The molecule has 0 saturated carbocycles. The maximum Gasteiger partial charge on any atom is 0.337 e. The lowest BCUT2D eigenvalue weighted by molar-refractivity contribution is 0.506. The highest BCUT2D eigenvalue weighted by Gasteiger charge is 2.19. The smallest absolute Gasteiger partial charge is 0.320 e. The molecule has 34 heavy (non-hydrogen) atoms. The summed E-state index contributed by atoms with van der Waals surface area (Å²) >= 11 is 0. The van der Waals surface area contributed by atoms with Crippen molar-refractivity contribution in [2.75, 3.05) is 0 Å². The van der Waals surface area contributed by atoms with E-state index in [4.69, 9.17) is 0 Å². The molecule has 0 fully saturated rings. The number of nitrogens with zero attached hydrogens (tertiary/aromatic N) is 4. The standard InChI is InChI=1S/C26H20F2N4O2/c27-21-12-11-19(15-22(21)28)16-30-17-29-24-23(30)25(33)31(14-13-18-7-3-1-4-8-18)26(34)32(24)20-9-5-2-6-10-20/h1-12,15,17H,13-14,16H2. The average Bonchev–Trinajstić information content (AvgIpc) is 3.26. The summed E-state index contributed by atoms with van der Waals surface area (Å²) < 4.78 is 31.3. The van der Waals surface area contributed by atoms with Gasteiger partial charge in [-0.15, -0.1) is 0 Å². The quantitative estimate of drug-likeness (QED) is 0.388. The zero-order valence-electron chi connectivity index (χ0n) is 18.1. The van der Waals surface area contributed by atoms with Gasteiger partial charge in [0.15, 0.2) is 22.8 Å².